The lowest BCUT2D eigenvalue weighted by molar-refractivity contribution is 0.303. The predicted molar refractivity (Wildman–Crippen MR) is 70.7 cm³/mol. The van der Waals surface area contributed by atoms with E-state index in [1.165, 1.54) is 12.8 Å². The van der Waals surface area contributed by atoms with Crippen molar-refractivity contribution in [3.05, 3.63) is 47.1 Å². The lowest BCUT2D eigenvalue weighted by Crippen LogP contribution is -1.95. The number of pyridine rings is 1. The summed E-state index contributed by atoms with van der Waals surface area (Å²) in [6, 6.07) is 12.0. The first-order valence-electron chi connectivity index (χ1n) is 5.77. The second-order valence-electron chi connectivity index (χ2n) is 4.28. The van der Waals surface area contributed by atoms with Gasteiger partial charge in [-0.25, -0.2) is 0 Å². The van der Waals surface area contributed by atoms with Crippen LogP contribution in [0, 0.1) is 4.51 Å². The van der Waals surface area contributed by atoms with Crippen LogP contribution in [0.15, 0.2) is 42.6 Å². The third-order valence-electron chi connectivity index (χ3n) is 2.75. The summed E-state index contributed by atoms with van der Waals surface area (Å²) in [5.41, 5.74) is 2.13. The molecule has 1 heterocycles. The first-order valence-corrected chi connectivity index (χ1v) is 6.18. The van der Waals surface area contributed by atoms with Crippen molar-refractivity contribution in [2.75, 3.05) is 0 Å². The van der Waals surface area contributed by atoms with Crippen molar-refractivity contribution in [2.45, 2.75) is 18.9 Å². The van der Waals surface area contributed by atoms with Crippen molar-refractivity contribution >= 4 is 12.2 Å². The van der Waals surface area contributed by atoms with Crippen LogP contribution in [-0.4, -0.2) is 11.1 Å². The van der Waals surface area contributed by atoms with Gasteiger partial charge in [-0.3, -0.25) is 0 Å². The Morgan fingerprint density at radius 2 is 2.06 bits per heavy atom. The molecule has 1 aromatic heterocycles. The molecular formula is C14H13NOS. The summed E-state index contributed by atoms with van der Waals surface area (Å²) in [4.78, 5) is 3.20. The van der Waals surface area contributed by atoms with Crippen molar-refractivity contribution in [1.82, 2.24) is 4.98 Å². The van der Waals surface area contributed by atoms with Gasteiger partial charge in [0.2, 0.25) is 0 Å². The van der Waals surface area contributed by atoms with Crippen molar-refractivity contribution in [1.29, 1.82) is 0 Å². The number of benzene rings is 1. The molecule has 0 unspecified atom stereocenters. The van der Waals surface area contributed by atoms with Crippen LogP contribution < -0.4 is 4.74 Å². The summed E-state index contributed by atoms with van der Waals surface area (Å²) in [6.45, 7) is 0. The summed E-state index contributed by atoms with van der Waals surface area (Å²) >= 11 is 5.16. The number of rotatable bonds is 3. The number of ether oxygens (including phenoxy) is 1. The summed E-state index contributed by atoms with van der Waals surface area (Å²) in [5.74, 6) is 0.938. The molecule has 1 N–H and O–H groups in total. The standard InChI is InChI=1S/C14H13NOS/c17-13-6-7-15-14(9-13)10-2-1-3-12(8-10)16-11-4-5-11/h1-3,6-9,11H,4-5H2,(H,15,17). The summed E-state index contributed by atoms with van der Waals surface area (Å²) < 4.78 is 6.62. The largest absolute Gasteiger partial charge is 0.490 e. The van der Waals surface area contributed by atoms with Gasteiger partial charge >= 0.3 is 0 Å². The average molecular weight is 243 g/mol. The Kier molecular flexibility index (Phi) is 2.69. The van der Waals surface area contributed by atoms with E-state index in [2.05, 4.69) is 17.1 Å². The number of hydrogen-bond donors (Lipinski definition) is 1. The molecule has 1 aliphatic carbocycles. The lowest BCUT2D eigenvalue weighted by Gasteiger charge is -2.07. The molecule has 2 aromatic rings. The highest BCUT2D eigenvalue weighted by molar-refractivity contribution is 7.71. The van der Waals surface area contributed by atoms with Crippen LogP contribution in [0.2, 0.25) is 0 Å². The normalized spacial score (nSPS) is 14.6. The molecule has 0 radical (unpaired) electrons. The molecule has 0 bridgehead atoms. The third kappa shape index (κ3) is 2.56. The molecule has 3 rings (SSSR count). The van der Waals surface area contributed by atoms with Gasteiger partial charge in [0, 0.05) is 22.0 Å². The van der Waals surface area contributed by atoms with Gasteiger partial charge in [-0.15, -0.1) is 0 Å². The molecule has 0 amide bonds. The summed E-state index contributed by atoms with van der Waals surface area (Å²) in [5, 5.41) is 0. The zero-order valence-corrected chi connectivity index (χ0v) is 10.2. The SMILES string of the molecule is S=c1cc[nH]c(-c2cccc(OC3CC3)c2)c1. The molecule has 1 aromatic carbocycles. The van der Waals surface area contributed by atoms with E-state index in [4.69, 9.17) is 17.0 Å². The van der Waals surface area contributed by atoms with Crippen LogP contribution in [0.5, 0.6) is 5.75 Å². The second kappa shape index (κ2) is 4.34. The lowest BCUT2D eigenvalue weighted by atomic mass is 10.1. The Morgan fingerprint density at radius 3 is 2.82 bits per heavy atom. The molecule has 0 atom stereocenters. The quantitative estimate of drug-likeness (QED) is 0.826. The van der Waals surface area contributed by atoms with E-state index in [-0.39, 0.29) is 0 Å². The topological polar surface area (TPSA) is 25.0 Å². The molecular weight excluding hydrogens is 230 g/mol. The van der Waals surface area contributed by atoms with Crippen molar-refractivity contribution in [3.63, 3.8) is 0 Å². The number of nitrogens with one attached hydrogen (secondary N) is 1. The molecule has 2 nitrogen and oxygen atoms in total. The average Bonchev–Trinajstić information content (AvgIpc) is 3.13. The van der Waals surface area contributed by atoms with Crippen molar-refractivity contribution in [2.24, 2.45) is 0 Å². The number of hydrogen-bond acceptors (Lipinski definition) is 2. The van der Waals surface area contributed by atoms with Crippen LogP contribution in [0.3, 0.4) is 0 Å². The zero-order chi connectivity index (χ0) is 11.7. The van der Waals surface area contributed by atoms with Gasteiger partial charge in [-0.2, -0.15) is 0 Å². The monoisotopic (exact) mass is 243 g/mol. The Balaban J connectivity index is 1.93. The number of aromatic nitrogens is 1. The fraction of sp³-hybridized carbons (Fsp3) is 0.214. The summed E-state index contributed by atoms with van der Waals surface area (Å²) in [7, 11) is 0. The molecule has 0 saturated heterocycles. The zero-order valence-electron chi connectivity index (χ0n) is 9.35. The Morgan fingerprint density at radius 1 is 1.18 bits per heavy atom. The highest BCUT2D eigenvalue weighted by Gasteiger charge is 2.23. The molecule has 0 spiro atoms. The Hall–Kier alpha value is -1.61. The third-order valence-corrected chi connectivity index (χ3v) is 3.00. The van der Waals surface area contributed by atoms with Gasteiger partial charge in [0.25, 0.3) is 0 Å². The molecule has 3 heteroatoms. The first-order chi connectivity index (χ1) is 8.31. The molecule has 86 valence electrons. The van der Waals surface area contributed by atoms with Gasteiger partial charge in [0.1, 0.15) is 5.75 Å². The molecule has 17 heavy (non-hydrogen) atoms. The van der Waals surface area contributed by atoms with E-state index in [0.717, 1.165) is 21.5 Å². The highest BCUT2D eigenvalue weighted by atomic mass is 32.1. The molecule has 0 aliphatic heterocycles. The fourth-order valence-electron chi connectivity index (χ4n) is 1.73. The second-order valence-corrected chi connectivity index (χ2v) is 4.75. The van der Waals surface area contributed by atoms with E-state index in [1.807, 2.05) is 30.5 Å². The maximum atomic E-state index is 5.78. The van der Waals surface area contributed by atoms with Crippen LogP contribution >= 0.6 is 12.2 Å². The highest BCUT2D eigenvalue weighted by Crippen LogP contribution is 2.29. The van der Waals surface area contributed by atoms with Gasteiger partial charge in [0.05, 0.1) is 6.10 Å². The van der Waals surface area contributed by atoms with Gasteiger partial charge in [-0.1, -0.05) is 24.4 Å². The van der Waals surface area contributed by atoms with E-state index in [9.17, 15) is 0 Å². The van der Waals surface area contributed by atoms with Gasteiger partial charge in [-0.05, 0) is 37.1 Å². The van der Waals surface area contributed by atoms with E-state index in [0.29, 0.717) is 6.10 Å². The van der Waals surface area contributed by atoms with Gasteiger partial charge in [0.15, 0.2) is 0 Å². The predicted octanol–water partition coefficient (Wildman–Crippen LogP) is 3.95. The smallest absolute Gasteiger partial charge is 0.120 e. The van der Waals surface area contributed by atoms with Crippen LogP contribution in [0.4, 0.5) is 0 Å². The molecule has 1 saturated carbocycles. The molecule has 1 fully saturated rings. The van der Waals surface area contributed by atoms with Crippen LogP contribution in [0.1, 0.15) is 12.8 Å². The van der Waals surface area contributed by atoms with Crippen molar-refractivity contribution in [3.8, 4) is 17.0 Å². The number of aromatic amines is 1. The van der Waals surface area contributed by atoms with Crippen molar-refractivity contribution < 1.29 is 4.74 Å². The van der Waals surface area contributed by atoms with E-state index >= 15 is 0 Å². The maximum absolute atomic E-state index is 5.78. The minimum Gasteiger partial charge on any atom is -0.490 e. The molecule has 1 aliphatic rings. The van der Waals surface area contributed by atoms with E-state index < -0.39 is 0 Å². The summed E-state index contributed by atoms with van der Waals surface area (Å²) in [6.07, 6.45) is 4.65. The minimum absolute atomic E-state index is 0.430. The number of H-pyrrole nitrogens is 1. The minimum atomic E-state index is 0.430. The van der Waals surface area contributed by atoms with Crippen LogP contribution in [0.25, 0.3) is 11.3 Å². The Labute approximate surface area is 105 Å². The maximum Gasteiger partial charge on any atom is 0.120 e. The van der Waals surface area contributed by atoms with Crippen LogP contribution in [-0.2, 0) is 0 Å². The Bertz CT molecular complexity index is 587. The fourth-order valence-corrected chi connectivity index (χ4v) is 1.91. The van der Waals surface area contributed by atoms with Gasteiger partial charge < -0.3 is 9.72 Å². The first kappa shape index (κ1) is 10.5. The van der Waals surface area contributed by atoms with E-state index in [1.54, 1.807) is 0 Å².